The van der Waals surface area contributed by atoms with Gasteiger partial charge in [-0.2, -0.15) is 5.10 Å². The third-order valence-corrected chi connectivity index (χ3v) is 9.04. The lowest BCUT2D eigenvalue weighted by atomic mass is 9.88. The lowest BCUT2D eigenvalue weighted by molar-refractivity contribution is 0.261. The summed E-state index contributed by atoms with van der Waals surface area (Å²) in [7, 11) is -3.02. The van der Waals surface area contributed by atoms with E-state index in [1.54, 1.807) is 29.3 Å². The van der Waals surface area contributed by atoms with Crippen molar-refractivity contribution in [1.82, 2.24) is 24.7 Å². The van der Waals surface area contributed by atoms with Crippen LogP contribution in [0.2, 0.25) is 0 Å². The van der Waals surface area contributed by atoms with Crippen molar-refractivity contribution in [3.63, 3.8) is 0 Å². The van der Waals surface area contributed by atoms with Crippen LogP contribution in [0.25, 0.3) is 22.2 Å². The van der Waals surface area contributed by atoms with Gasteiger partial charge in [0.2, 0.25) is 0 Å². The van der Waals surface area contributed by atoms with Crippen molar-refractivity contribution in [3.05, 3.63) is 54.6 Å². The Morgan fingerprint density at radius 1 is 1.12 bits per heavy atom. The largest absolute Gasteiger partial charge is 0.368 e. The second-order valence-corrected chi connectivity index (χ2v) is 13.8. The number of rotatable bonds is 9. The number of aromatic nitrogens is 5. The first kappa shape index (κ1) is 26.6. The van der Waals surface area contributed by atoms with E-state index in [4.69, 9.17) is 4.98 Å². The van der Waals surface area contributed by atoms with Crippen LogP contribution in [-0.4, -0.2) is 63.4 Å². The smallest absolute Gasteiger partial charge is 0.164 e. The van der Waals surface area contributed by atoms with Crippen LogP contribution in [0.1, 0.15) is 45.1 Å². The van der Waals surface area contributed by atoms with E-state index in [9.17, 15) is 12.8 Å². The van der Waals surface area contributed by atoms with E-state index in [0.29, 0.717) is 42.8 Å². The van der Waals surface area contributed by atoms with Crippen LogP contribution < -0.4 is 10.2 Å². The Labute approximate surface area is 233 Å². The van der Waals surface area contributed by atoms with Crippen LogP contribution in [-0.2, 0) is 16.4 Å². The Hall–Kier alpha value is -3.60. The summed E-state index contributed by atoms with van der Waals surface area (Å²) >= 11 is 0. The van der Waals surface area contributed by atoms with E-state index in [2.05, 4.69) is 58.2 Å². The van der Waals surface area contributed by atoms with Crippen LogP contribution >= 0.6 is 0 Å². The van der Waals surface area contributed by atoms with Crippen LogP contribution in [0, 0.1) is 5.92 Å². The number of nitrogens with zero attached hydrogens (tertiary/aromatic N) is 6. The highest BCUT2D eigenvalue weighted by Gasteiger charge is 2.43. The summed E-state index contributed by atoms with van der Waals surface area (Å²) in [6, 6.07) is 8.24. The van der Waals surface area contributed by atoms with Crippen molar-refractivity contribution in [1.29, 1.82) is 0 Å². The minimum Gasteiger partial charge on any atom is -0.368 e. The second kappa shape index (κ2) is 9.79. The Morgan fingerprint density at radius 2 is 1.93 bits per heavy atom. The van der Waals surface area contributed by atoms with Gasteiger partial charge in [-0.15, -0.1) is 0 Å². The molecule has 0 unspecified atom stereocenters. The molecule has 2 fully saturated rings. The van der Waals surface area contributed by atoms with Crippen LogP contribution in [0.5, 0.6) is 0 Å². The van der Waals surface area contributed by atoms with Gasteiger partial charge < -0.3 is 10.2 Å². The summed E-state index contributed by atoms with van der Waals surface area (Å²) in [4.78, 5) is 16.0. The maximum Gasteiger partial charge on any atom is 0.164 e. The molecule has 4 aromatic rings. The molecule has 40 heavy (non-hydrogen) atoms. The van der Waals surface area contributed by atoms with Gasteiger partial charge in [0, 0.05) is 54.4 Å². The van der Waals surface area contributed by atoms with Gasteiger partial charge in [0.25, 0.3) is 0 Å². The Morgan fingerprint density at radius 3 is 2.62 bits per heavy atom. The highest BCUT2D eigenvalue weighted by atomic mass is 32.2. The number of benzene rings is 1. The monoisotopic (exact) mass is 563 g/mol. The molecule has 9 nitrogen and oxygen atoms in total. The Bertz CT molecular complexity index is 1680. The van der Waals surface area contributed by atoms with Crippen molar-refractivity contribution in [2.24, 2.45) is 5.92 Å². The molecule has 1 aromatic carbocycles. The average Bonchev–Trinajstić information content (AvgIpc) is 3.44. The first-order chi connectivity index (χ1) is 19.0. The summed E-state index contributed by atoms with van der Waals surface area (Å²) < 4.78 is 39.4. The van der Waals surface area contributed by atoms with Gasteiger partial charge in [0.05, 0.1) is 24.1 Å². The van der Waals surface area contributed by atoms with Crippen LogP contribution in [0.15, 0.2) is 49.1 Å². The van der Waals surface area contributed by atoms with E-state index in [-0.39, 0.29) is 24.3 Å². The Kier molecular flexibility index (Phi) is 6.52. The second-order valence-electron chi connectivity index (χ2n) is 11.7. The molecule has 3 aromatic heterocycles. The number of alkyl halides is 1. The molecule has 210 valence electrons. The van der Waals surface area contributed by atoms with Crippen LogP contribution in [0.3, 0.4) is 0 Å². The molecule has 0 radical (unpaired) electrons. The third-order valence-electron chi connectivity index (χ3n) is 8.01. The van der Waals surface area contributed by atoms with E-state index < -0.39 is 15.5 Å². The highest BCUT2D eigenvalue weighted by Crippen LogP contribution is 2.41. The molecule has 1 N–H and O–H groups in total. The summed E-state index contributed by atoms with van der Waals surface area (Å²) in [6.07, 6.45) is 9.46. The lowest BCUT2D eigenvalue weighted by Crippen LogP contribution is -2.57. The molecule has 4 heterocycles. The molecule has 1 saturated heterocycles. The number of anilines is 3. The van der Waals surface area contributed by atoms with Crippen molar-refractivity contribution < 1.29 is 12.8 Å². The van der Waals surface area contributed by atoms with Crippen molar-refractivity contribution in [3.8, 4) is 11.4 Å². The SMILES string of the molecule is CC(C)c1ccc(N2C[C@H](CS(C)(=O)=O)[C@H]2C)c2cnc(Nc3ccnc(-c4cnn(CC5(F)CC5)c4)n3)cc12. The van der Waals surface area contributed by atoms with Gasteiger partial charge in [-0.1, -0.05) is 19.9 Å². The molecule has 1 aliphatic carbocycles. The van der Waals surface area contributed by atoms with Crippen molar-refractivity contribution >= 4 is 37.9 Å². The van der Waals surface area contributed by atoms with Gasteiger partial charge >= 0.3 is 0 Å². The highest BCUT2D eigenvalue weighted by molar-refractivity contribution is 7.90. The molecule has 6 rings (SSSR count). The minimum absolute atomic E-state index is 0.120. The topological polar surface area (TPSA) is 106 Å². The van der Waals surface area contributed by atoms with E-state index in [1.165, 1.54) is 11.8 Å². The summed E-state index contributed by atoms with van der Waals surface area (Å²) in [6.45, 7) is 7.38. The summed E-state index contributed by atoms with van der Waals surface area (Å²) in [5, 5.41) is 9.74. The average molecular weight is 564 g/mol. The number of pyridine rings is 1. The first-order valence-corrected chi connectivity index (χ1v) is 15.7. The number of halogens is 1. The molecule has 11 heteroatoms. The fourth-order valence-corrected chi connectivity index (χ4v) is 6.67. The molecule has 2 atom stereocenters. The zero-order valence-electron chi connectivity index (χ0n) is 23.2. The lowest BCUT2D eigenvalue weighted by Gasteiger charge is -2.48. The predicted octanol–water partition coefficient (Wildman–Crippen LogP) is 5.13. The number of sulfone groups is 1. The molecule has 1 aliphatic heterocycles. The van der Waals surface area contributed by atoms with E-state index >= 15 is 0 Å². The fourth-order valence-electron chi connectivity index (χ4n) is 5.50. The van der Waals surface area contributed by atoms with E-state index in [0.717, 1.165) is 22.0 Å². The zero-order chi connectivity index (χ0) is 28.2. The summed E-state index contributed by atoms with van der Waals surface area (Å²) in [5.41, 5.74) is 1.87. The van der Waals surface area contributed by atoms with Gasteiger partial charge in [-0.25, -0.2) is 27.8 Å². The van der Waals surface area contributed by atoms with Gasteiger partial charge in [0.1, 0.15) is 27.1 Å². The molecule has 1 saturated carbocycles. The first-order valence-electron chi connectivity index (χ1n) is 13.7. The molecule has 0 amide bonds. The number of fused-ring (bicyclic) bond motifs is 1. The predicted molar refractivity (Wildman–Crippen MR) is 155 cm³/mol. The van der Waals surface area contributed by atoms with E-state index in [1.807, 2.05) is 12.3 Å². The quantitative estimate of drug-likeness (QED) is 0.299. The minimum atomic E-state index is -3.02. The standard InChI is InChI=1S/C29H34FN7O2S/c1-18(2)22-5-6-25(37-15-21(19(37)3)16-40(4,38)39)24-13-32-27(11-23(22)24)34-26-7-10-31-28(35-26)20-12-33-36(14-20)17-29(30)8-9-29/h5-7,10-14,18-19,21H,8-9,15-17H2,1-4H3,(H,31,32,34,35)/t19-,21-/m1/s1. The molecule has 2 aliphatic rings. The van der Waals surface area contributed by atoms with Crippen molar-refractivity contribution in [2.45, 2.75) is 57.8 Å². The Balaban J connectivity index is 1.26. The molecular weight excluding hydrogens is 529 g/mol. The maximum absolute atomic E-state index is 14.1. The van der Waals surface area contributed by atoms with Crippen molar-refractivity contribution in [2.75, 3.05) is 28.8 Å². The molecule has 0 spiro atoms. The molecule has 0 bridgehead atoms. The van der Waals surface area contributed by atoms with Gasteiger partial charge in [0.15, 0.2) is 5.82 Å². The maximum atomic E-state index is 14.1. The van der Waals surface area contributed by atoms with Gasteiger partial charge in [-0.05, 0) is 54.8 Å². The number of nitrogens with one attached hydrogen (secondary N) is 1. The zero-order valence-corrected chi connectivity index (χ0v) is 24.0. The normalized spacial score (nSPS) is 20.1. The third kappa shape index (κ3) is 5.39. The molecular formula is C29H34FN7O2S. The summed E-state index contributed by atoms with van der Waals surface area (Å²) in [5.74, 6) is 2.38. The van der Waals surface area contributed by atoms with Gasteiger partial charge in [-0.3, -0.25) is 4.68 Å². The van der Waals surface area contributed by atoms with Crippen LogP contribution in [0.4, 0.5) is 21.7 Å². The fraction of sp³-hybridized carbons (Fsp3) is 0.448. The number of hydrogen-bond donors (Lipinski definition) is 1. The number of hydrogen-bond acceptors (Lipinski definition) is 8.